The van der Waals surface area contributed by atoms with Gasteiger partial charge in [0.05, 0.1) is 0 Å². The van der Waals surface area contributed by atoms with Crippen LogP contribution in [0.1, 0.15) is 45.4 Å². The van der Waals surface area contributed by atoms with Crippen LogP contribution in [-0.4, -0.2) is 16.9 Å². The molecule has 0 heterocycles. The third kappa shape index (κ3) is 4.17. The first-order valence-corrected chi connectivity index (χ1v) is 6.03. The third-order valence-corrected chi connectivity index (χ3v) is 3.16. The van der Waals surface area contributed by atoms with Crippen LogP contribution in [0.25, 0.3) is 0 Å². The number of aliphatic carboxylic acids is 1. The fourth-order valence-corrected chi connectivity index (χ4v) is 2.29. The van der Waals surface area contributed by atoms with Gasteiger partial charge in [-0.1, -0.05) is 19.1 Å². The van der Waals surface area contributed by atoms with E-state index in [0.29, 0.717) is 12.2 Å². The van der Waals surface area contributed by atoms with Crippen molar-refractivity contribution < 1.29 is 14.7 Å². The number of carbonyl (C=O) groups is 2. The van der Waals surface area contributed by atoms with E-state index in [1.165, 1.54) is 0 Å². The Labute approximate surface area is 96.5 Å². The van der Waals surface area contributed by atoms with Crippen LogP contribution in [0.15, 0.2) is 12.2 Å². The molecule has 0 unspecified atom stereocenters. The summed E-state index contributed by atoms with van der Waals surface area (Å²) in [7, 11) is 0. The molecule has 0 radical (unpaired) electrons. The number of carboxylic acids is 1. The van der Waals surface area contributed by atoms with Gasteiger partial charge in [0.2, 0.25) is 0 Å². The highest BCUT2D eigenvalue weighted by atomic mass is 16.4. The summed E-state index contributed by atoms with van der Waals surface area (Å²) < 4.78 is 0. The van der Waals surface area contributed by atoms with Crippen LogP contribution >= 0.6 is 0 Å². The number of allylic oxidation sites excluding steroid dienone is 2. The maximum Gasteiger partial charge on any atom is 0.303 e. The van der Waals surface area contributed by atoms with Gasteiger partial charge in [0.1, 0.15) is 5.78 Å². The minimum Gasteiger partial charge on any atom is -0.481 e. The van der Waals surface area contributed by atoms with E-state index in [2.05, 4.69) is 13.0 Å². The number of carbonyl (C=O) groups excluding carboxylic acids is 1. The highest BCUT2D eigenvalue weighted by Crippen LogP contribution is 2.30. The zero-order valence-electron chi connectivity index (χ0n) is 9.82. The summed E-state index contributed by atoms with van der Waals surface area (Å²) in [6.07, 6.45) is 8.14. The molecule has 2 atom stereocenters. The maximum atomic E-state index is 11.6. The Morgan fingerprint density at radius 1 is 1.50 bits per heavy atom. The lowest BCUT2D eigenvalue weighted by atomic mass is 9.77. The quantitative estimate of drug-likeness (QED) is 0.730. The lowest BCUT2D eigenvalue weighted by molar-refractivity contribution is -0.139. The van der Waals surface area contributed by atoms with Gasteiger partial charge in [-0.3, -0.25) is 9.59 Å². The van der Waals surface area contributed by atoms with Crippen LogP contribution in [0.4, 0.5) is 0 Å². The SMILES string of the molecule is CC/C=C/C[C@H]1C[C@H](CC(=O)O)CCC1=O. The van der Waals surface area contributed by atoms with Crippen LogP contribution in [0.5, 0.6) is 0 Å². The van der Waals surface area contributed by atoms with Gasteiger partial charge >= 0.3 is 5.97 Å². The Morgan fingerprint density at radius 2 is 2.25 bits per heavy atom. The number of hydrogen-bond donors (Lipinski definition) is 1. The molecule has 3 heteroatoms. The molecule has 0 aliphatic heterocycles. The zero-order valence-corrected chi connectivity index (χ0v) is 9.82. The van der Waals surface area contributed by atoms with Crippen molar-refractivity contribution in [2.75, 3.05) is 0 Å². The molecular weight excluding hydrogens is 204 g/mol. The van der Waals surface area contributed by atoms with Crippen molar-refractivity contribution in [1.29, 1.82) is 0 Å². The van der Waals surface area contributed by atoms with E-state index in [9.17, 15) is 9.59 Å². The minimum atomic E-state index is -0.748. The van der Waals surface area contributed by atoms with Gasteiger partial charge in [-0.15, -0.1) is 0 Å². The van der Waals surface area contributed by atoms with Gasteiger partial charge in [-0.05, 0) is 31.6 Å². The summed E-state index contributed by atoms with van der Waals surface area (Å²) in [5.74, 6) is -0.194. The van der Waals surface area contributed by atoms with E-state index in [4.69, 9.17) is 5.11 Å². The predicted octanol–water partition coefficient (Wildman–Crippen LogP) is 2.80. The topological polar surface area (TPSA) is 54.4 Å². The Hall–Kier alpha value is -1.12. The molecule has 16 heavy (non-hydrogen) atoms. The monoisotopic (exact) mass is 224 g/mol. The van der Waals surface area contributed by atoms with Crippen molar-refractivity contribution >= 4 is 11.8 Å². The molecule has 1 aliphatic rings. The first-order chi connectivity index (χ1) is 7.63. The van der Waals surface area contributed by atoms with Crippen LogP contribution in [0, 0.1) is 11.8 Å². The van der Waals surface area contributed by atoms with Gasteiger partial charge < -0.3 is 5.11 Å². The predicted molar refractivity (Wildman–Crippen MR) is 62.1 cm³/mol. The van der Waals surface area contributed by atoms with Crippen molar-refractivity contribution in [3.05, 3.63) is 12.2 Å². The summed E-state index contributed by atoms with van der Waals surface area (Å²) in [6.45, 7) is 2.06. The van der Waals surface area contributed by atoms with Crippen LogP contribution in [-0.2, 0) is 9.59 Å². The Kier molecular flexibility index (Phi) is 5.23. The number of carboxylic acid groups (broad SMARTS) is 1. The molecule has 1 N–H and O–H groups in total. The summed E-state index contributed by atoms with van der Waals surface area (Å²) in [4.78, 5) is 22.3. The molecule has 0 aromatic rings. The van der Waals surface area contributed by atoms with Crippen molar-refractivity contribution in [2.24, 2.45) is 11.8 Å². The summed E-state index contributed by atoms with van der Waals surface area (Å²) >= 11 is 0. The molecule has 1 saturated carbocycles. The first-order valence-electron chi connectivity index (χ1n) is 6.03. The average molecular weight is 224 g/mol. The van der Waals surface area contributed by atoms with E-state index in [1.807, 2.05) is 6.08 Å². The molecule has 90 valence electrons. The van der Waals surface area contributed by atoms with Gasteiger partial charge in [0.15, 0.2) is 0 Å². The first kappa shape index (κ1) is 12.9. The lowest BCUT2D eigenvalue weighted by Gasteiger charge is -2.26. The largest absolute Gasteiger partial charge is 0.481 e. The molecule has 1 aliphatic carbocycles. The summed E-state index contributed by atoms with van der Waals surface area (Å²) in [5.41, 5.74) is 0. The number of ketones is 1. The molecule has 1 rings (SSSR count). The van der Waals surface area contributed by atoms with Gasteiger partial charge in [0, 0.05) is 18.8 Å². The second-order valence-corrected chi connectivity index (χ2v) is 4.52. The highest BCUT2D eigenvalue weighted by Gasteiger charge is 2.28. The Balaban J connectivity index is 2.44. The molecule has 0 aromatic carbocycles. The van der Waals surface area contributed by atoms with Crippen molar-refractivity contribution in [3.8, 4) is 0 Å². The van der Waals surface area contributed by atoms with E-state index >= 15 is 0 Å². The second kappa shape index (κ2) is 6.46. The molecular formula is C13H20O3. The average Bonchev–Trinajstić information content (AvgIpc) is 2.22. The number of hydrogen-bond acceptors (Lipinski definition) is 2. The third-order valence-electron chi connectivity index (χ3n) is 3.16. The standard InChI is InChI=1S/C13H20O3/c1-2-3-4-5-11-8-10(9-13(15)16)6-7-12(11)14/h3-4,10-11H,2,5-9H2,1H3,(H,15,16)/b4-3+/t10-,11+/m1/s1. The van der Waals surface area contributed by atoms with Gasteiger partial charge in [-0.25, -0.2) is 0 Å². The molecule has 0 aromatic heterocycles. The molecule has 0 saturated heterocycles. The van der Waals surface area contributed by atoms with Crippen molar-refractivity contribution in [1.82, 2.24) is 0 Å². The van der Waals surface area contributed by atoms with E-state index in [-0.39, 0.29) is 18.3 Å². The second-order valence-electron chi connectivity index (χ2n) is 4.52. The zero-order chi connectivity index (χ0) is 12.0. The molecule has 3 nitrogen and oxygen atoms in total. The number of rotatable bonds is 5. The maximum absolute atomic E-state index is 11.6. The fourth-order valence-electron chi connectivity index (χ4n) is 2.29. The normalized spacial score (nSPS) is 26.2. The molecule has 0 amide bonds. The minimum absolute atomic E-state index is 0.0564. The van der Waals surface area contributed by atoms with E-state index in [1.54, 1.807) is 0 Å². The lowest BCUT2D eigenvalue weighted by Crippen LogP contribution is -2.25. The molecule has 1 fully saturated rings. The molecule has 0 bridgehead atoms. The van der Waals surface area contributed by atoms with Crippen LogP contribution in [0.2, 0.25) is 0 Å². The van der Waals surface area contributed by atoms with Gasteiger partial charge in [0.25, 0.3) is 0 Å². The fraction of sp³-hybridized carbons (Fsp3) is 0.692. The smallest absolute Gasteiger partial charge is 0.303 e. The van der Waals surface area contributed by atoms with Crippen LogP contribution in [0.3, 0.4) is 0 Å². The van der Waals surface area contributed by atoms with Crippen molar-refractivity contribution in [2.45, 2.75) is 45.4 Å². The van der Waals surface area contributed by atoms with Crippen LogP contribution < -0.4 is 0 Å². The highest BCUT2D eigenvalue weighted by molar-refractivity contribution is 5.82. The Morgan fingerprint density at radius 3 is 2.88 bits per heavy atom. The molecule has 0 spiro atoms. The Bertz CT molecular complexity index is 281. The van der Waals surface area contributed by atoms with Gasteiger partial charge in [-0.2, -0.15) is 0 Å². The van der Waals surface area contributed by atoms with E-state index < -0.39 is 5.97 Å². The van der Waals surface area contributed by atoms with E-state index in [0.717, 1.165) is 25.7 Å². The summed E-state index contributed by atoms with van der Waals surface area (Å²) in [6, 6.07) is 0. The van der Waals surface area contributed by atoms with Crippen molar-refractivity contribution in [3.63, 3.8) is 0 Å². The summed E-state index contributed by atoms with van der Waals surface area (Å²) in [5, 5.41) is 8.73. The number of Topliss-reactive ketones (excluding diaryl/α,β-unsaturated/α-hetero) is 1.